The van der Waals surface area contributed by atoms with Crippen LogP contribution >= 0.6 is 11.6 Å². The fraction of sp³-hybridized carbons (Fsp3) is 0.136. The summed E-state index contributed by atoms with van der Waals surface area (Å²) in [5.74, 6) is 0.282. The molecule has 0 aliphatic carbocycles. The first-order chi connectivity index (χ1) is 14.3. The molecule has 0 atom stereocenters. The minimum absolute atomic E-state index is 0.159. The number of halogens is 1. The molecule has 1 amide bonds. The zero-order valence-electron chi connectivity index (χ0n) is 16.5. The number of methoxy groups -OCH3 is 1. The number of sulfonamides is 1. The van der Waals surface area contributed by atoms with E-state index >= 15 is 0 Å². The third-order valence-corrected chi connectivity index (χ3v) is 6.68. The van der Waals surface area contributed by atoms with Crippen molar-refractivity contribution in [2.24, 2.45) is 0 Å². The second kappa shape index (κ2) is 9.19. The number of hydrogen-bond acceptors (Lipinski definition) is 4. The molecule has 30 heavy (non-hydrogen) atoms. The number of nitrogens with one attached hydrogen (secondary N) is 1. The van der Waals surface area contributed by atoms with Crippen LogP contribution in [0.15, 0.2) is 77.7 Å². The average Bonchev–Trinajstić information content (AvgIpc) is 2.78. The molecule has 0 spiro atoms. The van der Waals surface area contributed by atoms with Crippen molar-refractivity contribution in [3.63, 3.8) is 0 Å². The topological polar surface area (TPSA) is 75.7 Å². The lowest BCUT2D eigenvalue weighted by Crippen LogP contribution is -2.27. The number of anilines is 1. The Labute approximate surface area is 181 Å². The molecule has 0 aliphatic heterocycles. The van der Waals surface area contributed by atoms with Crippen molar-refractivity contribution in [1.29, 1.82) is 0 Å². The molecule has 6 nitrogen and oxygen atoms in total. The number of carbonyl (C=O) groups is 1. The van der Waals surface area contributed by atoms with Crippen LogP contribution in [0, 0.1) is 0 Å². The van der Waals surface area contributed by atoms with Gasteiger partial charge in [0.2, 0.25) is 0 Å². The van der Waals surface area contributed by atoms with E-state index in [2.05, 4.69) is 5.32 Å². The first-order valence-corrected chi connectivity index (χ1v) is 10.9. The molecule has 3 aromatic rings. The van der Waals surface area contributed by atoms with Crippen LogP contribution in [0.25, 0.3) is 0 Å². The van der Waals surface area contributed by atoms with Gasteiger partial charge in [-0.05, 0) is 48.0 Å². The van der Waals surface area contributed by atoms with Crippen LogP contribution in [-0.2, 0) is 16.6 Å². The summed E-state index contributed by atoms with van der Waals surface area (Å²) >= 11 is 6.21. The third kappa shape index (κ3) is 4.75. The zero-order valence-corrected chi connectivity index (χ0v) is 18.1. The highest BCUT2D eigenvalue weighted by atomic mass is 35.5. The van der Waals surface area contributed by atoms with Crippen LogP contribution in [-0.4, -0.2) is 28.5 Å². The van der Waals surface area contributed by atoms with Gasteiger partial charge in [0.1, 0.15) is 5.75 Å². The minimum atomic E-state index is -3.77. The molecule has 156 valence electrons. The largest absolute Gasteiger partial charge is 0.497 e. The molecule has 0 heterocycles. The van der Waals surface area contributed by atoms with Crippen LogP contribution in [0.1, 0.15) is 15.9 Å². The predicted molar refractivity (Wildman–Crippen MR) is 118 cm³/mol. The second-order valence-corrected chi connectivity index (χ2v) is 8.86. The monoisotopic (exact) mass is 444 g/mol. The highest BCUT2D eigenvalue weighted by Gasteiger charge is 2.22. The van der Waals surface area contributed by atoms with E-state index in [1.54, 1.807) is 31.4 Å². The van der Waals surface area contributed by atoms with Crippen molar-refractivity contribution < 1.29 is 17.9 Å². The Kier molecular flexibility index (Phi) is 6.64. The van der Waals surface area contributed by atoms with Crippen molar-refractivity contribution in [3.05, 3.63) is 88.9 Å². The smallest absolute Gasteiger partial charge is 0.264 e. The average molecular weight is 445 g/mol. The van der Waals surface area contributed by atoms with Crippen LogP contribution in [0.2, 0.25) is 5.02 Å². The van der Waals surface area contributed by atoms with Gasteiger partial charge in [0.15, 0.2) is 0 Å². The fourth-order valence-corrected chi connectivity index (χ4v) is 4.24. The lowest BCUT2D eigenvalue weighted by Gasteiger charge is -2.20. The quantitative estimate of drug-likeness (QED) is 0.595. The minimum Gasteiger partial charge on any atom is -0.497 e. The number of amides is 1. The molecule has 3 rings (SSSR count). The van der Waals surface area contributed by atoms with Gasteiger partial charge in [-0.3, -0.25) is 9.10 Å². The first-order valence-electron chi connectivity index (χ1n) is 9.07. The van der Waals surface area contributed by atoms with Gasteiger partial charge in [0, 0.05) is 13.6 Å². The number of ether oxygens (including phenoxy) is 1. The van der Waals surface area contributed by atoms with Crippen molar-refractivity contribution >= 4 is 33.2 Å². The Bertz CT molecular complexity index is 1150. The molecule has 0 aliphatic rings. The molecule has 0 unspecified atom stereocenters. The van der Waals surface area contributed by atoms with Gasteiger partial charge in [-0.15, -0.1) is 0 Å². The maximum absolute atomic E-state index is 12.9. The van der Waals surface area contributed by atoms with Gasteiger partial charge in [-0.25, -0.2) is 8.42 Å². The Hall–Kier alpha value is -3.03. The maximum atomic E-state index is 12.9. The molecular weight excluding hydrogens is 424 g/mol. The van der Waals surface area contributed by atoms with Crippen LogP contribution in [0.4, 0.5) is 5.69 Å². The van der Waals surface area contributed by atoms with Gasteiger partial charge in [-0.1, -0.05) is 41.9 Å². The molecule has 1 N–H and O–H groups in total. The summed E-state index contributed by atoms with van der Waals surface area (Å²) < 4.78 is 32.0. The van der Waals surface area contributed by atoms with Gasteiger partial charge in [0.25, 0.3) is 15.9 Å². The maximum Gasteiger partial charge on any atom is 0.264 e. The van der Waals surface area contributed by atoms with Crippen molar-refractivity contribution in [1.82, 2.24) is 5.32 Å². The lowest BCUT2D eigenvalue weighted by molar-refractivity contribution is 0.0951. The molecule has 8 heteroatoms. The molecule has 0 saturated carbocycles. The Morgan fingerprint density at radius 3 is 2.47 bits per heavy atom. The predicted octanol–water partition coefficient (Wildman–Crippen LogP) is 4.10. The van der Waals surface area contributed by atoms with Crippen molar-refractivity contribution in [2.75, 3.05) is 18.5 Å². The number of benzene rings is 3. The van der Waals surface area contributed by atoms with Crippen LogP contribution < -0.4 is 14.4 Å². The first kappa shape index (κ1) is 21.7. The number of rotatable bonds is 7. The molecule has 0 saturated heterocycles. The summed E-state index contributed by atoms with van der Waals surface area (Å²) in [4.78, 5) is 12.9. The van der Waals surface area contributed by atoms with E-state index < -0.39 is 15.9 Å². The number of carbonyl (C=O) groups excluding carboxylic acids is 1. The highest BCUT2D eigenvalue weighted by molar-refractivity contribution is 7.92. The van der Waals surface area contributed by atoms with Gasteiger partial charge in [0.05, 0.1) is 28.3 Å². The summed E-state index contributed by atoms with van der Waals surface area (Å²) in [5, 5.41) is 3.03. The van der Waals surface area contributed by atoms with Gasteiger partial charge >= 0.3 is 0 Å². The van der Waals surface area contributed by atoms with E-state index in [-0.39, 0.29) is 22.0 Å². The lowest BCUT2D eigenvalue weighted by atomic mass is 10.1. The standard InChI is InChI=1S/C22H21ClN2O4S/c1-25(30(27,28)19-9-4-3-5-10-19)17-11-12-21(23)20(14-17)22(26)24-15-16-7-6-8-18(13-16)29-2/h3-14H,15H2,1-2H3,(H,24,26). The van der Waals surface area contributed by atoms with E-state index in [1.165, 1.54) is 31.3 Å². The summed E-state index contributed by atoms with van der Waals surface area (Å²) in [6.45, 7) is 0.273. The second-order valence-electron chi connectivity index (χ2n) is 6.48. The molecule has 0 radical (unpaired) electrons. The highest BCUT2D eigenvalue weighted by Crippen LogP contribution is 2.27. The molecule has 3 aromatic carbocycles. The number of hydrogen-bond donors (Lipinski definition) is 1. The Morgan fingerprint density at radius 1 is 1.03 bits per heavy atom. The zero-order chi connectivity index (χ0) is 21.7. The normalized spacial score (nSPS) is 11.0. The summed E-state index contributed by atoms with van der Waals surface area (Å²) in [6, 6.07) is 19.9. The van der Waals surface area contributed by atoms with E-state index in [0.29, 0.717) is 11.4 Å². The van der Waals surface area contributed by atoms with E-state index in [0.717, 1.165) is 9.87 Å². The SMILES string of the molecule is COc1cccc(CNC(=O)c2cc(N(C)S(=O)(=O)c3ccccc3)ccc2Cl)c1. The molecular formula is C22H21ClN2O4S. The van der Waals surface area contributed by atoms with E-state index in [9.17, 15) is 13.2 Å². The summed E-state index contributed by atoms with van der Waals surface area (Å²) in [7, 11) is -0.759. The van der Waals surface area contributed by atoms with Crippen LogP contribution in [0.3, 0.4) is 0 Å². The van der Waals surface area contributed by atoms with Crippen molar-refractivity contribution in [3.8, 4) is 5.75 Å². The third-order valence-electron chi connectivity index (χ3n) is 4.55. The summed E-state index contributed by atoms with van der Waals surface area (Å²) in [6.07, 6.45) is 0. The molecule has 0 bridgehead atoms. The van der Waals surface area contributed by atoms with E-state index in [4.69, 9.17) is 16.3 Å². The van der Waals surface area contributed by atoms with Gasteiger partial charge < -0.3 is 10.1 Å². The molecule has 0 fully saturated rings. The molecule has 0 aromatic heterocycles. The Balaban J connectivity index is 1.81. The summed E-state index contributed by atoms with van der Waals surface area (Å²) in [5.41, 5.74) is 1.38. The van der Waals surface area contributed by atoms with Crippen LogP contribution in [0.5, 0.6) is 5.75 Å². The van der Waals surface area contributed by atoms with E-state index in [1.807, 2.05) is 24.3 Å². The fourth-order valence-electron chi connectivity index (χ4n) is 2.83. The Morgan fingerprint density at radius 2 is 1.77 bits per heavy atom. The van der Waals surface area contributed by atoms with Crippen molar-refractivity contribution in [2.45, 2.75) is 11.4 Å². The number of nitrogens with zero attached hydrogens (tertiary/aromatic N) is 1. The van der Waals surface area contributed by atoms with Gasteiger partial charge in [-0.2, -0.15) is 0 Å².